The number of hydrogen-bond acceptors (Lipinski definition) is 1. The van der Waals surface area contributed by atoms with E-state index in [4.69, 9.17) is 5.73 Å². The van der Waals surface area contributed by atoms with Crippen LogP contribution in [0.5, 0.6) is 0 Å². The summed E-state index contributed by atoms with van der Waals surface area (Å²) in [5.41, 5.74) is 4.66. The molecule has 5 heteroatoms. The van der Waals surface area contributed by atoms with Crippen molar-refractivity contribution in [2.24, 2.45) is 5.73 Å². The number of hydrogen-bond donors (Lipinski definition) is 1. The predicted octanol–water partition coefficient (Wildman–Crippen LogP) is 3.25. The summed E-state index contributed by atoms with van der Waals surface area (Å²) >= 11 is 0. The van der Waals surface area contributed by atoms with Crippen LogP contribution in [0, 0.1) is 5.82 Å². The Bertz CT molecular complexity index is 346. The highest BCUT2D eigenvalue weighted by atomic mass is 19.4. The van der Waals surface area contributed by atoms with Gasteiger partial charge in [0, 0.05) is 11.6 Å². The molecule has 1 unspecified atom stereocenters. The van der Waals surface area contributed by atoms with E-state index in [9.17, 15) is 17.6 Å². The van der Waals surface area contributed by atoms with Crippen molar-refractivity contribution >= 4 is 0 Å². The number of benzene rings is 1. The molecule has 0 aliphatic carbocycles. The lowest BCUT2D eigenvalue weighted by Gasteiger charge is -2.12. The Hall–Kier alpha value is -1.10. The van der Waals surface area contributed by atoms with Crippen LogP contribution in [0.2, 0.25) is 0 Å². The third kappa shape index (κ3) is 2.68. The van der Waals surface area contributed by atoms with Gasteiger partial charge < -0.3 is 5.73 Å². The highest BCUT2D eigenvalue weighted by Crippen LogP contribution is 2.31. The molecule has 0 radical (unpaired) electrons. The Balaban J connectivity index is 3.09. The van der Waals surface area contributed by atoms with E-state index in [1.807, 2.05) is 0 Å². The molecule has 1 aromatic carbocycles. The van der Waals surface area contributed by atoms with Crippen LogP contribution in [-0.2, 0) is 6.18 Å². The molecule has 0 aromatic heterocycles. The van der Waals surface area contributed by atoms with Crippen molar-refractivity contribution in [1.82, 2.24) is 0 Å². The number of rotatable bonds is 2. The summed E-state index contributed by atoms with van der Waals surface area (Å²) in [6.07, 6.45) is -4.04. The van der Waals surface area contributed by atoms with E-state index in [1.165, 1.54) is 0 Å². The molecule has 15 heavy (non-hydrogen) atoms. The minimum atomic E-state index is -4.52. The first-order valence-electron chi connectivity index (χ1n) is 4.48. The highest BCUT2D eigenvalue weighted by molar-refractivity contribution is 5.28. The lowest BCUT2D eigenvalue weighted by Crippen LogP contribution is -2.12. The summed E-state index contributed by atoms with van der Waals surface area (Å²) in [5.74, 6) is -0.904. The molecule has 1 rings (SSSR count). The molecule has 0 aliphatic heterocycles. The molecule has 1 aromatic rings. The van der Waals surface area contributed by atoms with Crippen molar-refractivity contribution in [2.75, 3.05) is 0 Å². The van der Waals surface area contributed by atoms with Gasteiger partial charge in [-0.3, -0.25) is 0 Å². The van der Waals surface area contributed by atoms with E-state index < -0.39 is 23.6 Å². The van der Waals surface area contributed by atoms with Crippen molar-refractivity contribution in [3.63, 3.8) is 0 Å². The fraction of sp³-hybridized carbons (Fsp3) is 0.400. The Kier molecular flexibility index (Phi) is 3.34. The van der Waals surface area contributed by atoms with Gasteiger partial charge in [-0.05, 0) is 18.6 Å². The van der Waals surface area contributed by atoms with Crippen LogP contribution in [0.3, 0.4) is 0 Å². The maximum absolute atomic E-state index is 13.2. The maximum atomic E-state index is 13.2. The second kappa shape index (κ2) is 4.18. The van der Waals surface area contributed by atoms with E-state index in [0.29, 0.717) is 12.5 Å². The normalized spacial score (nSPS) is 14.0. The lowest BCUT2D eigenvalue weighted by atomic mass is 10.0. The van der Waals surface area contributed by atoms with Crippen LogP contribution in [0.4, 0.5) is 17.6 Å². The molecule has 1 atom stereocenters. The Morgan fingerprint density at radius 3 is 2.33 bits per heavy atom. The summed E-state index contributed by atoms with van der Waals surface area (Å²) in [6, 6.07) is 1.85. The lowest BCUT2D eigenvalue weighted by molar-refractivity contribution is -0.137. The summed E-state index contributed by atoms with van der Waals surface area (Å²) in [7, 11) is 0. The topological polar surface area (TPSA) is 26.0 Å². The van der Waals surface area contributed by atoms with Gasteiger partial charge >= 0.3 is 6.18 Å². The summed E-state index contributed by atoms with van der Waals surface area (Å²) < 4.78 is 49.8. The summed E-state index contributed by atoms with van der Waals surface area (Å²) in [5, 5.41) is 0. The number of nitrogens with two attached hydrogens (primary N) is 1. The molecule has 1 nitrogen and oxygen atoms in total. The van der Waals surface area contributed by atoms with Crippen LogP contribution in [0.1, 0.15) is 30.5 Å². The van der Waals surface area contributed by atoms with Gasteiger partial charge in [0.05, 0.1) is 5.56 Å². The van der Waals surface area contributed by atoms with Gasteiger partial charge in [0.15, 0.2) is 0 Å². The predicted molar refractivity (Wildman–Crippen MR) is 48.6 cm³/mol. The fourth-order valence-corrected chi connectivity index (χ4v) is 1.22. The molecule has 0 saturated carbocycles. The Morgan fingerprint density at radius 2 is 1.93 bits per heavy atom. The zero-order valence-corrected chi connectivity index (χ0v) is 8.11. The van der Waals surface area contributed by atoms with Crippen LogP contribution in [0.15, 0.2) is 18.2 Å². The largest absolute Gasteiger partial charge is 0.416 e. The van der Waals surface area contributed by atoms with E-state index in [1.54, 1.807) is 6.92 Å². The molecular formula is C10H11F4N. The second-order valence-corrected chi connectivity index (χ2v) is 3.25. The Labute approximate surface area is 84.9 Å². The number of halogens is 4. The summed E-state index contributed by atoms with van der Waals surface area (Å²) in [4.78, 5) is 0. The van der Waals surface area contributed by atoms with Crippen molar-refractivity contribution in [2.45, 2.75) is 25.6 Å². The van der Waals surface area contributed by atoms with E-state index in [-0.39, 0.29) is 5.56 Å². The standard InChI is InChI=1S/C10H11F4N/c1-2-9(15)7-4-3-6(5-8(7)11)10(12,13)14/h3-5,9H,2,15H2,1H3. The average molecular weight is 221 g/mol. The molecule has 0 aliphatic rings. The zero-order valence-electron chi connectivity index (χ0n) is 8.11. The SMILES string of the molecule is CCC(N)c1ccc(C(F)(F)F)cc1F. The molecule has 0 amide bonds. The Morgan fingerprint density at radius 1 is 1.33 bits per heavy atom. The molecule has 2 N–H and O–H groups in total. The first kappa shape index (κ1) is 12.0. The third-order valence-electron chi connectivity index (χ3n) is 2.17. The van der Waals surface area contributed by atoms with Crippen LogP contribution in [0.25, 0.3) is 0 Å². The molecule has 0 bridgehead atoms. The zero-order chi connectivity index (χ0) is 11.6. The van der Waals surface area contributed by atoms with Crippen molar-refractivity contribution in [3.8, 4) is 0 Å². The molecular weight excluding hydrogens is 210 g/mol. The minimum Gasteiger partial charge on any atom is -0.324 e. The number of alkyl halides is 3. The average Bonchev–Trinajstić information content (AvgIpc) is 2.15. The second-order valence-electron chi connectivity index (χ2n) is 3.25. The van der Waals surface area contributed by atoms with E-state index in [0.717, 1.165) is 12.1 Å². The van der Waals surface area contributed by atoms with Gasteiger partial charge in [-0.1, -0.05) is 13.0 Å². The molecule has 0 saturated heterocycles. The monoisotopic (exact) mass is 221 g/mol. The van der Waals surface area contributed by atoms with E-state index in [2.05, 4.69) is 0 Å². The van der Waals surface area contributed by atoms with Crippen molar-refractivity contribution in [1.29, 1.82) is 0 Å². The maximum Gasteiger partial charge on any atom is 0.416 e. The first-order valence-corrected chi connectivity index (χ1v) is 4.48. The summed E-state index contributed by atoms with van der Waals surface area (Å²) in [6.45, 7) is 1.74. The van der Waals surface area contributed by atoms with Gasteiger partial charge in [0.25, 0.3) is 0 Å². The smallest absolute Gasteiger partial charge is 0.324 e. The van der Waals surface area contributed by atoms with Crippen LogP contribution >= 0.6 is 0 Å². The third-order valence-corrected chi connectivity index (χ3v) is 2.17. The van der Waals surface area contributed by atoms with Crippen LogP contribution in [-0.4, -0.2) is 0 Å². The first-order chi connectivity index (χ1) is 6.86. The van der Waals surface area contributed by atoms with Crippen LogP contribution < -0.4 is 5.73 Å². The molecule has 0 heterocycles. The van der Waals surface area contributed by atoms with E-state index >= 15 is 0 Å². The minimum absolute atomic E-state index is 0.116. The van der Waals surface area contributed by atoms with Crippen molar-refractivity contribution < 1.29 is 17.6 Å². The fourth-order valence-electron chi connectivity index (χ4n) is 1.22. The molecule has 0 fully saturated rings. The molecule has 0 spiro atoms. The van der Waals surface area contributed by atoms with Gasteiger partial charge in [-0.2, -0.15) is 13.2 Å². The quantitative estimate of drug-likeness (QED) is 0.762. The highest BCUT2D eigenvalue weighted by Gasteiger charge is 2.31. The molecule has 84 valence electrons. The van der Waals surface area contributed by atoms with Crippen molar-refractivity contribution in [3.05, 3.63) is 35.1 Å². The van der Waals surface area contributed by atoms with Gasteiger partial charge in [-0.25, -0.2) is 4.39 Å². The van der Waals surface area contributed by atoms with Gasteiger partial charge in [-0.15, -0.1) is 0 Å². The van der Waals surface area contributed by atoms with Gasteiger partial charge in [0.2, 0.25) is 0 Å². The van der Waals surface area contributed by atoms with Gasteiger partial charge in [0.1, 0.15) is 5.82 Å².